The van der Waals surface area contributed by atoms with Crippen molar-refractivity contribution in [3.63, 3.8) is 0 Å². The Labute approximate surface area is 156 Å². The molecule has 1 amide bonds. The van der Waals surface area contributed by atoms with Crippen molar-refractivity contribution in [3.8, 4) is 5.75 Å². The van der Waals surface area contributed by atoms with Gasteiger partial charge in [-0.3, -0.25) is 9.69 Å². The summed E-state index contributed by atoms with van der Waals surface area (Å²) >= 11 is 6.68. The Bertz CT molecular complexity index is 832. The van der Waals surface area contributed by atoms with Crippen LogP contribution < -0.4 is 10.1 Å². The summed E-state index contributed by atoms with van der Waals surface area (Å²) in [5.74, 6) is 0.707. The summed E-state index contributed by atoms with van der Waals surface area (Å²) in [5, 5.41) is 3.25. The molecule has 2 aromatic carbocycles. The fraction of sp³-hybridized carbons (Fsp3) is 0.158. The van der Waals surface area contributed by atoms with Crippen LogP contribution in [0.2, 0.25) is 0 Å². The Kier molecular flexibility index (Phi) is 5.40. The number of nitrogens with zero attached hydrogens (tertiary/aromatic N) is 1. The number of thiocarbonyl (C=S) groups is 1. The van der Waals surface area contributed by atoms with Gasteiger partial charge >= 0.3 is 0 Å². The maximum absolute atomic E-state index is 12.6. The molecule has 1 aliphatic heterocycles. The van der Waals surface area contributed by atoms with Crippen molar-refractivity contribution in [2.24, 2.45) is 0 Å². The molecule has 128 valence electrons. The van der Waals surface area contributed by atoms with Gasteiger partial charge in [-0.05, 0) is 48.4 Å². The molecule has 25 heavy (non-hydrogen) atoms. The molecule has 0 saturated carbocycles. The van der Waals surface area contributed by atoms with Crippen molar-refractivity contribution in [1.82, 2.24) is 4.90 Å². The van der Waals surface area contributed by atoms with Gasteiger partial charge in [0.2, 0.25) is 0 Å². The molecule has 1 saturated heterocycles. The lowest BCUT2D eigenvalue weighted by atomic mass is 10.2. The number of hydrogen-bond acceptors (Lipinski definition) is 5. The first-order valence-corrected chi connectivity index (χ1v) is 8.99. The van der Waals surface area contributed by atoms with Gasteiger partial charge in [0, 0.05) is 5.69 Å². The SMILES string of the molecule is COc1ccc(/C=C2/SC(=S)N(CNc3cccc(C)c3)C2=O)cc1. The van der Waals surface area contributed by atoms with Crippen molar-refractivity contribution in [2.45, 2.75) is 6.92 Å². The number of carbonyl (C=O) groups excluding carboxylic acids is 1. The van der Waals surface area contributed by atoms with Crippen LogP contribution in [0.5, 0.6) is 5.75 Å². The van der Waals surface area contributed by atoms with Gasteiger partial charge in [-0.15, -0.1) is 0 Å². The Morgan fingerprint density at radius 1 is 1.24 bits per heavy atom. The summed E-state index contributed by atoms with van der Waals surface area (Å²) in [6.07, 6.45) is 1.85. The normalized spacial score (nSPS) is 15.8. The number of amides is 1. The Balaban J connectivity index is 1.69. The molecule has 4 nitrogen and oxygen atoms in total. The van der Waals surface area contributed by atoms with Crippen LogP contribution in [0.3, 0.4) is 0 Å². The molecule has 0 unspecified atom stereocenters. The highest BCUT2D eigenvalue weighted by atomic mass is 32.2. The number of aryl methyl sites for hydroxylation is 1. The fourth-order valence-electron chi connectivity index (χ4n) is 2.41. The lowest BCUT2D eigenvalue weighted by Gasteiger charge is -2.16. The first-order valence-electron chi connectivity index (χ1n) is 7.77. The second-order valence-electron chi connectivity index (χ2n) is 5.59. The average Bonchev–Trinajstić information content (AvgIpc) is 2.87. The van der Waals surface area contributed by atoms with E-state index < -0.39 is 0 Å². The number of carbonyl (C=O) groups is 1. The first kappa shape index (κ1) is 17.5. The van der Waals surface area contributed by atoms with Crippen LogP contribution in [0.4, 0.5) is 5.69 Å². The van der Waals surface area contributed by atoms with Gasteiger partial charge in [0.1, 0.15) is 10.1 Å². The molecule has 6 heteroatoms. The summed E-state index contributed by atoms with van der Waals surface area (Å²) in [6.45, 7) is 2.39. The number of hydrogen-bond donors (Lipinski definition) is 1. The summed E-state index contributed by atoms with van der Waals surface area (Å²) in [6, 6.07) is 15.6. The molecular weight excluding hydrogens is 352 g/mol. The maximum Gasteiger partial charge on any atom is 0.267 e. The Hall–Kier alpha value is -2.31. The van der Waals surface area contributed by atoms with E-state index in [0.29, 0.717) is 15.9 Å². The third kappa shape index (κ3) is 4.21. The van der Waals surface area contributed by atoms with E-state index >= 15 is 0 Å². The summed E-state index contributed by atoms with van der Waals surface area (Å²) < 4.78 is 5.71. The zero-order chi connectivity index (χ0) is 17.8. The molecule has 1 heterocycles. The third-order valence-corrected chi connectivity index (χ3v) is 5.12. The quantitative estimate of drug-likeness (QED) is 0.629. The molecule has 0 radical (unpaired) electrons. The van der Waals surface area contributed by atoms with E-state index in [9.17, 15) is 4.79 Å². The number of benzene rings is 2. The van der Waals surface area contributed by atoms with Gasteiger partial charge in [0.15, 0.2) is 0 Å². The Morgan fingerprint density at radius 3 is 2.68 bits per heavy atom. The topological polar surface area (TPSA) is 41.6 Å². The number of anilines is 1. The van der Waals surface area contributed by atoms with E-state index in [0.717, 1.165) is 22.6 Å². The molecule has 0 spiro atoms. The summed E-state index contributed by atoms with van der Waals surface area (Å²) in [5.41, 5.74) is 3.07. The highest BCUT2D eigenvalue weighted by Crippen LogP contribution is 2.32. The predicted octanol–water partition coefficient (Wildman–Crippen LogP) is 4.27. The maximum atomic E-state index is 12.6. The molecule has 0 atom stereocenters. The number of thioether (sulfide) groups is 1. The third-order valence-electron chi connectivity index (χ3n) is 3.75. The number of rotatable bonds is 5. The molecule has 1 N–H and O–H groups in total. The summed E-state index contributed by atoms with van der Waals surface area (Å²) in [4.78, 5) is 14.8. The van der Waals surface area contributed by atoms with E-state index in [2.05, 4.69) is 5.32 Å². The van der Waals surface area contributed by atoms with Gasteiger partial charge in [-0.2, -0.15) is 0 Å². The molecule has 0 bridgehead atoms. The van der Waals surface area contributed by atoms with Gasteiger partial charge in [-0.25, -0.2) is 0 Å². The minimum absolute atomic E-state index is 0.0778. The van der Waals surface area contributed by atoms with Crippen molar-refractivity contribution < 1.29 is 9.53 Å². The van der Waals surface area contributed by atoms with Crippen LogP contribution in [0, 0.1) is 6.92 Å². The monoisotopic (exact) mass is 370 g/mol. The zero-order valence-electron chi connectivity index (χ0n) is 14.0. The van der Waals surface area contributed by atoms with Gasteiger partial charge < -0.3 is 10.1 Å². The molecule has 0 aromatic heterocycles. The van der Waals surface area contributed by atoms with Crippen LogP contribution in [-0.2, 0) is 4.79 Å². The van der Waals surface area contributed by atoms with Gasteiger partial charge in [-0.1, -0.05) is 48.2 Å². The smallest absolute Gasteiger partial charge is 0.267 e. The average molecular weight is 370 g/mol. The van der Waals surface area contributed by atoms with Crippen LogP contribution in [0.25, 0.3) is 6.08 Å². The minimum atomic E-state index is -0.0778. The first-order chi connectivity index (χ1) is 12.1. The summed E-state index contributed by atoms with van der Waals surface area (Å²) in [7, 11) is 1.63. The number of methoxy groups -OCH3 is 1. The van der Waals surface area contributed by atoms with E-state index in [-0.39, 0.29) is 5.91 Å². The molecule has 1 fully saturated rings. The lowest BCUT2D eigenvalue weighted by molar-refractivity contribution is -0.121. The standard InChI is InChI=1S/C19H18N2O2S2/c1-13-4-3-5-15(10-13)20-12-21-18(22)17(25-19(21)24)11-14-6-8-16(23-2)9-7-14/h3-11,20H,12H2,1-2H3/b17-11+. The van der Waals surface area contributed by atoms with E-state index in [1.54, 1.807) is 12.0 Å². The van der Waals surface area contributed by atoms with Gasteiger partial charge in [0.25, 0.3) is 5.91 Å². The lowest BCUT2D eigenvalue weighted by Crippen LogP contribution is -2.33. The van der Waals surface area contributed by atoms with Crippen molar-refractivity contribution in [3.05, 3.63) is 64.6 Å². The molecule has 2 aromatic rings. The largest absolute Gasteiger partial charge is 0.497 e. The van der Waals surface area contributed by atoms with Crippen LogP contribution >= 0.6 is 24.0 Å². The fourth-order valence-corrected chi connectivity index (χ4v) is 3.67. The molecule has 0 aliphatic carbocycles. The van der Waals surface area contributed by atoms with Crippen LogP contribution in [0.15, 0.2) is 53.4 Å². The molecule has 3 rings (SSSR count). The van der Waals surface area contributed by atoms with E-state index in [4.69, 9.17) is 17.0 Å². The van der Waals surface area contributed by atoms with Gasteiger partial charge in [0.05, 0.1) is 18.7 Å². The van der Waals surface area contributed by atoms with Crippen molar-refractivity contribution >= 4 is 46.0 Å². The predicted molar refractivity (Wildman–Crippen MR) is 108 cm³/mol. The Morgan fingerprint density at radius 2 is 2.00 bits per heavy atom. The number of ether oxygens (including phenoxy) is 1. The number of nitrogens with one attached hydrogen (secondary N) is 1. The van der Waals surface area contributed by atoms with Crippen LogP contribution in [0.1, 0.15) is 11.1 Å². The van der Waals surface area contributed by atoms with E-state index in [1.807, 2.05) is 61.5 Å². The minimum Gasteiger partial charge on any atom is -0.497 e. The van der Waals surface area contributed by atoms with Crippen molar-refractivity contribution in [2.75, 3.05) is 19.1 Å². The van der Waals surface area contributed by atoms with Crippen molar-refractivity contribution in [1.29, 1.82) is 0 Å². The molecular formula is C19H18N2O2S2. The second kappa shape index (κ2) is 7.72. The zero-order valence-corrected chi connectivity index (χ0v) is 15.6. The highest BCUT2D eigenvalue weighted by Gasteiger charge is 2.31. The molecule has 1 aliphatic rings. The highest BCUT2D eigenvalue weighted by molar-refractivity contribution is 8.26. The van der Waals surface area contributed by atoms with E-state index in [1.165, 1.54) is 11.8 Å². The van der Waals surface area contributed by atoms with Crippen LogP contribution in [-0.4, -0.2) is 28.9 Å². The second-order valence-corrected chi connectivity index (χ2v) is 7.26.